The van der Waals surface area contributed by atoms with E-state index in [0.717, 1.165) is 4.88 Å². The highest BCUT2D eigenvalue weighted by Gasteiger charge is 2.23. The van der Waals surface area contributed by atoms with Gasteiger partial charge in [0.05, 0.1) is 10.9 Å². The number of nitrogens with zero attached hydrogens (tertiary/aromatic N) is 1. The van der Waals surface area contributed by atoms with E-state index < -0.39 is 16.1 Å². The smallest absolute Gasteiger partial charge is 0.242 e. The molecule has 0 aliphatic carbocycles. The first-order valence-corrected chi connectivity index (χ1v) is 8.13. The molecule has 0 amide bonds. The van der Waals surface area contributed by atoms with Crippen LogP contribution in [0.25, 0.3) is 0 Å². The van der Waals surface area contributed by atoms with Gasteiger partial charge in [0.1, 0.15) is 5.82 Å². The molecule has 0 radical (unpaired) electrons. The Morgan fingerprint density at radius 2 is 2.32 bits per heavy atom. The van der Waals surface area contributed by atoms with Gasteiger partial charge in [-0.25, -0.2) is 18.1 Å². The van der Waals surface area contributed by atoms with Gasteiger partial charge < -0.3 is 10.3 Å². The molecule has 2 aromatic rings. The zero-order valence-electron chi connectivity index (χ0n) is 10.7. The van der Waals surface area contributed by atoms with Crippen LogP contribution in [0.15, 0.2) is 28.7 Å². The number of aromatic nitrogens is 2. The van der Waals surface area contributed by atoms with Crippen LogP contribution >= 0.6 is 11.3 Å². The van der Waals surface area contributed by atoms with Gasteiger partial charge >= 0.3 is 0 Å². The van der Waals surface area contributed by atoms with Gasteiger partial charge in [0.15, 0.2) is 0 Å². The fourth-order valence-electron chi connectivity index (χ4n) is 1.72. The first kappa shape index (κ1) is 14.2. The molecular weight excluding hydrogens is 284 g/mol. The predicted molar refractivity (Wildman–Crippen MR) is 74.4 cm³/mol. The van der Waals surface area contributed by atoms with Gasteiger partial charge in [-0.2, -0.15) is 0 Å². The molecule has 3 N–H and O–H groups in total. The lowest BCUT2D eigenvalue weighted by Crippen LogP contribution is -2.28. The third kappa shape index (κ3) is 3.21. The minimum atomic E-state index is -3.53. The maximum absolute atomic E-state index is 12.3. The van der Waals surface area contributed by atoms with Crippen LogP contribution in [0, 0.1) is 0 Å². The van der Waals surface area contributed by atoms with E-state index in [-0.39, 0.29) is 0 Å². The standard InChI is InChI=1S/C11H16N4O2S2/c1-8(11-13-4-5-14-11)15-19(16,17)10-3-6-18-9(10)7-12-2/h3-6,8,12,15H,7H2,1-2H3,(H,13,14). The molecule has 2 heterocycles. The summed E-state index contributed by atoms with van der Waals surface area (Å²) < 4.78 is 27.3. The minimum absolute atomic E-state index is 0.324. The molecule has 1 unspecified atom stereocenters. The van der Waals surface area contributed by atoms with Crippen molar-refractivity contribution < 1.29 is 8.42 Å². The summed E-state index contributed by atoms with van der Waals surface area (Å²) in [4.78, 5) is 8.06. The van der Waals surface area contributed by atoms with Crippen molar-refractivity contribution in [3.63, 3.8) is 0 Å². The molecule has 2 rings (SSSR count). The summed E-state index contributed by atoms with van der Waals surface area (Å²) in [5.74, 6) is 0.592. The maximum atomic E-state index is 12.3. The number of thiophene rings is 1. The summed E-state index contributed by atoms with van der Waals surface area (Å²) in [6.07, 6.45) is 3.26. The van der Waals surface area contributed by atoms with Crippen molar-refractivity contribution >= 4 is 21.4 Å². The van der Waals surface area contributed by atoms with Crippen molar-refractivity contribution in [3.05, 3.63) is 34.5 Å². The molecule has 0 spiro atoms. The van der Waals surface area contributed by atoms with Crippen LogP contribution in [0.5, 0.6) is 0 Å². The van der Waals surface area contributed by atoms with Gasteiger partial charge in [-0.1, -0.05) is 0 Å². The largest absolute Gasteiger partial charge is 0.347 e. The first-order valence-electron chi connectivity index (χ1n) is 5.77. The van der Waals surface area contributed by atoms with Crippen molar-refractivity contribution in [2.75, 3.05) is 7.05 Å². The van der Waals surface area contributed by atoms with Crippen molar-refractivity contribution in [3.8, 4) is 0 Å². The zero-order chi connectivity index (χ0) is 13.9. The molecule has 0 aliphatic rings. The summed E-state index contributed by atoms with van der Waals surface area (Å²) in [6.45, 7) is 2.28. The number of imidazole rings is 1. The molecule has 1 atom stereocenters. The molecule has 0 aliphatic heterocycles. The fraction of sp³-hybridized carbons (Fsp3) is 0.364. The number of H-pyrrole nitrogens is 1. The summed E-state index contributed by atoms with van der Waals surface area (Å²) >= 11 is 1.42. The highest BCUT2D eigenvalue weighted by atomic mass is 32.2. The van der Waals surface area contributed by atoms with E-state index in [1.54, 1.807) is 37.8 Å². The van der Waals surface area contributed by atoms with Gasteiger partial charge in [-0.3, -0.25) is 0 Å². The Bertz CT molecular complexity index is 619. The van der Waals surface area contributed by atoms with Crippen LogP contribution in [0.1, 0.15) is 23.7 Å². The summed E-state index contributed by atoms with van der Waals surface area (Å²) in [6, 6.07) is 1.22. The molecule has 0 bridgehead atoms. The monoisotopic (exact) mass is 300 g/mol. The van der Waals surface area contributed by atoms with Gasteiger partial charge in [0, 0.05) is 23.8 Å². The lowest BCUT2D eigenvalue weighted by Gasteiger charge is -2.12. The van der Waals surface area contributed by atoms with Crippen LogP contribution in [-0.4, -0.2) is 25.4 Å². The van der Waals surface area contributed by atoms with E-state index >= 15 is 0 Å². The molecule has 2 aromatic heterocycles. The average Bonchev–Trinajstić information content (AvgIpc) is 2.99. The molecule has 19 heavy (non-hydrogen) atoms. The highest BCUT2D eigenvalue weighted by Crippen LogP contribution is 2.23. The Morgan fingerprint density at radius 3 is 2.95 bits per heavy atom. The highest BCUT2D eigenvalue weighted by molar-refractivity contribution is 7.89. The predicted octanol–water partition coefficient (Wildman–Crippen LogP) is 1.23. The van der Waals surface area contributed by atoms with Crippen molar-refractivity contribution in [1.29, 1.82) is 0 Å². The number of nitrogens with one attached hydrogen (secondary N) is 3. The molecule has 0 aromatic carbocycles. The van der Waals surface area contributed by atoms with Crippen LogP contribution in [0.4, 0.5) is 0 Å². The summed E-state index contributed by atoms with van der Waals surface area (Å²) in [7, 11) is -1.75. The van der Waals surface area contributed by atoms with Gasteiger partial charge in [-0.05, 0) is 25.4 Å². The van der Waals surface area contributed by atoms with E-state index in [2.05, 4.69) is 20.0 Å². The number of hydrogen-bond donors (Lipinski definition) is 3. The third-order valence-corrected chi connectivity index (χ3v) is 5.27. The minimum Gasteiger partial charge on any atom is -0.347 e. The third-order valence-electron chi connectivity index (χ3n) is 2.59. The van der Waals surface area contributed by atoms with Gasteiger partial charge in [0.25, 0.3) is 0 Å². The van der Waals surface area contributed by atoms with Crippen molar-refractivity contribution in [2.45, 2.75) is 24.4 Å². The first-order chi connectivity index (χ1) is 9.04. The fourth-order valence-corrected chi connectivity index (χ4v) is 4.39. The lowest BCUT2D eigenvalue weighted by atomic mass is 10.3. The van der Waals surface area contributed by atoms with Crippen LogP contribution in [0.2, 0.25) is 0 Å². The van der Waals surface area contributed by atoms with E-state index in [0.29, 0.717) is 17.3 Å². The number of aromatic amines is 1. The second kappa shape index (κ2) is 5.83. The van der Waals surface area contributed by atoms with E-state index in [1.807, 2.05) is 0 Å². The van der Waals surface area contributed by atoms with E-state index in [1.165, 1.54) is 11.3 Å². The molecule has 6 nitrogen and oxygen atoms in total. The number of hydrogen-bond acceptors (Lipinski definition) is 5. The van der Waals surface area contributed by atoms with E-state index in [4.69, 9.17) is 0 Å². The number of rotatable bonds is 6. The lowest BCUT2D eigenvalue weighted by molar-refractivity contribution is 0.560. The topological polar surface area (TPSA) is 86.9 Å². The second-order valence-electron chi connectivity index (χ2n) is 4.06. The summed E-state index contributed by atoms with van der Waals surface area (Å²) in [5.41, 5.74) is 0. The number of sulfonamides is 1. The quantitative estimate of drug-likeness (QED) is 0.749. The van der Waals surface area contributed by atoms with Gasteiger partial charge in [-0.15, -0.1) is 11.3 Å². The normalized spacial score (nSPS) is 13.6. The average molecular weight is 300 g/mol. The van der Waals surface area contributed by atoms with Crippen molar-refractivity contribution in [1.82, 2.24) is 20.0 Å². The Balaban J connectivity index is 2.20. The summed E-state index contributed by atoms with van der Waals surface area (Å²) in [5, 5.41) is 4.74. The van der Waals surface area contributed by atoms with Crippen LogP contribution in [-0.2, 0) is 16.6 Å². The Labute approximate surface area is 116 Å². The Hall–Kier alpha value is -1.22. The molecule has 104 valence electrons. The molecule has 0 fully saturated rings. The Kier molecular flexibility index (Phi) is 4.35. The molecule has 0 saturated heterocycles. The molecular formula is C11H16N4O2S2. The SMILES string of the molecule is CNCc1sccc1S(=O)(=O)NC(C)c1ncc[nH]1. The molecule has 8 heteroatoms. The molecule has 0 saturated carbocycles. The maximum Gasteiger partial charge on any atom is 0.242 e. The second-order valence-corrected chi connectivity index (χ2v) is 6.74. The van der Waals surface area contributed by atoms with Gasteiger partial charge in [0.2, 0.25) is 10.0 Å². The van der Waals surface area contributed by atoms with E-state index in [9.17, 15) is 8.42 Å². The zero-order valence-corrected chi connectivity index (χ0v) is 12.3. The van der Waals surface area contributed by atoms with Crippen LogP contribution < -0.4 is 10.0 Å². The van der Waals surface area contributed by atoms with Crippen molar-refractivity contribution in [2.24, 2.45) is 0 Å². The van der Waals surface area contributed by atoms with Crippen LogP contribution in [0.3, 0.4) is 0 Å². The Morgan fingerprint density at radius 1 is 1.53 bits per heavy atom.